The summed E-state index contributed by atoms with van der Waals surface area (Å²) in [5.41, 5.74) is 3.32. The number of amides is 2. The smallest absolute Gasteiger partial charge is 0.335 e. The molecule has 2 amide bonds. The molecule has 2 atom stereocenters. The zero-order chi connectivity index (χ0) is 25.5. The van der Waals surface area contributed by atoms with E-state index in [0.29, 0.717) is 6.42 Å². The lowest BCUT2D eigenvalue weighted by Crippen LogP contribution is -2.41. The van der Waals surface area contributed by atoms with Crippen molar-refractivity contribution in [2.45, 2.75) is 50.8 Å². The van der Waals surface area contributed by atoms with Crippen molar-refractivity contribution in [2.75, 3.05) is 6.61 Å². The zero-order valence-corrected chi connectivity index (χ0v) is 20.1. The molecule has 0 bridgehead atoms. The molecule has 1 fully saturated rings. The van der Waals surface area contributed by atoms with Crippen molar-refractivity contribution in [3.05, 3.63) is 77.6 Å². The lowest BCUT2D eigenvalue weighted by atomic mass is 9.97. The number of nitrogens with zero attached hydrogens (tertiary/aromatic N) is 1. The topological polar surface area (TPSA) is 133 Å². The summed E-state index contributed by atoms with van der Waals surface area (Å²) in [5.74, 6) is -1.56. The third-order valence-corrected chi connectivity index (χ3v) is 5.91. The van der Waals surface area contributed by atoms with Gasteiger partial charge in [0.05, 0.1) is 6.61 Å². The van der Waals surface area contributed by atoms with E-state index >= 15 is 0 Å². The molecule has 9 nitrogen and oxygen atoms in total. The van der Waals surface area contributed by atoms with Gasteiger partial charge in [-0.15, -0.1) is 0 Å². The number of H-pyrrole nitrogens is 1. The monoisotopic (exact) mass is 490 g/mol. The molecular formula is C27H30N4O5. The van der Waals surface area contributed by atoms with Crippen LogP contribution in [0.5, 0.6) is 0 Å². The Balaban J connectivity index is 1.45. The Bertz CT molecular complexity index is 1190. The molecule has 0 unspecified atom stereocenters. The Hall–Kier alpha value is -3.98. The van der Waals surface area contributed by atoms with E-state index < -0.39 is 24.0 Å². The highest BCUT2D eigenvalue weighted by molar-refractivity contribution is 5.98. The first-order chi connectivity index (χ1) is 17.4. The van der Waals surface area contributed by atoms with E-state index in [-0.39, 0.29) is 36.4 Å². The summed E-state index contributed by atoms with van der Waals surface area (Å²) in [6.45, 7) is 1.81. The number of aliphatic hydroxyl groups excluding tert-OH is 1. The van der Waals surface area contributed by atoms with Crippen molar-refractivity contribution >= 4 is 17.8 Å². The van der Waals surface area contributed by atoms with Gasteiger partial charge in [0.25, 0.3) is 11.8 Å². The molecule has 0 aliphatic heterocycles. The molecule has 2 aromatic carbocycles. The number of carbonyl (C=O) groups is 3. The number of hydrogen-bond donors (Lipinski definition) is 4. The number of aromatic amines is 1. The normalized spacial score (nSPS) is 14.5. The molecule has 1 heterocycles. The van der Waals surface area contributed by atoms with Crippen LogP contribution in [-0.4, -0.2) is 57.9 Å². The second kappa shape index (κ2) is 11.6. The molecule has 0 spiro atoms. The van der Waals surface area contributed by atoms with Crippen LogP contribution in [-0.2, 0) is 16.0 Å². The van der Waals surface area contributed by atoms with E-state index in [2.05, 4.69) is 20.8 Å². The van der Waals surface area contributed by atoms with Gasteiger partial charge in [-0.3, -0.25) is 14.7 Å². The summed E-state index contributed by atoms with van der Waals surface area (Å²) >= 11 is 0. The molecule has 9 heteroatoms. The van der Waals surface area contributed by atoms with Crippen molar-refractivity contribution < 1.29 is 24.2 Å². The number of rotatable bonds is 11. The molecule has 1 aliphatic rings. The quantitative estimate of drug-likeness (QED) is 0.305. The number of hydrogen-bond acceptors (Lipinski definition) is 6. The number of esters is 1. The second-order valence-electron chi connectivity index (χ2n) is 8.86. The Morgan fingerprint density at radius 2 is 1.75 bits per heavy atom. The summed E-state index contributed by atoms with van der Waals surface area (Å²) in [5, 5.41) is 22.6. The van der Waals surface area contributed by atoms with E-state index in [0.717, 1.165) is 29.5 Å². The number of benzene rings is 2. The van der Waals surface area contributed by atoms with Crippen molar-refractivity contribution in [3.63, 3.8) is 0 Å². The van der Waals surface area contributed by atoms with Gasteiger partial charge in [0.1, 0.15) is 5.69 Å². The first-order valence-electron chi connectivity index (χ1n) is 12.1. The van der Waals surface area contributed by atoms with E-state index in [1.165, 1.54) is 6.07 Å². The molecule has 4 N–H and O–H groups in total. The predicted octanol–water partition coefficient (Wildman–Crippen LogP) is 2.62. The third-order valence-electron chi connectivity index (χ3n) is 5.91. The van der Waals surface area contributed by atoms with Crippen LogP contribution in [0.4, 0.5) is 0 Å². The minimum absolute atomic E-state index is 0.0336. The zero-order valence-electron chi connectivity index (χ0n) is 20.1. The predicted molar refractivity (Wildman–Crippen MR) is 133 cm³/mol. The molecule has 1 aliphatic carbocycles. The summed E-state index contributed by atoms with van der Waals surface area (Å²) in [4.78, 5) is 37.1. The van der Waals surface area contributed by atoms with Crippen molar-refractivity contribution in [1.82, 2.24) is 20.8 Å². The number of nitrogens with one attached hydrogen (secondary N) is 3. The Labute approximate surface area is 209 Å². The average molecular weight is 491 g/mol. The molecule has 0 radical (unpaired) electrons. The fraction of sp³-hybridized carbons (Fsp3) is 0.333. The van der Waals surface area contributed by atoms with Crippen LogP contribution in [0.15, 0.2) is 60.7 Å². The number of aliphatic hydroxyl groups is 1. The van der Waals surface area contributed by atoms with Gasteiger partial charge >= 0.3 is 5.97 Å². The van der Waals surface area contributed by atoms with Gasteiger partial charge in [-0.2, -0.15) is 5.10 Å². The first kappa shape index (κ1) is 25.1. The van der Waals surface area contributed by atoms with Crippen LogP contribution >= 0.6 is 0 Å². The van der Waals surface area contributed by atoms with Crippen LogP contribution in [0.3, 0.4) is 0 Å². The van der Waals surface area contributed by atoms with Crippen LogP contribution in [0.25, 0.3) is 11.1 Å². The maximum Gasteiger partial charge on any atom is 0.335 e. The van der Waals surface area contributed by atoms with Gasteiger partial charge in [0.15, 0.2) is 11.8 Å². The van der Waals surface area contributed by atoms with Crippen molar-refractivity contribution in [3.8, 4) is 11.1 Å². The number of aromatic nitrogens is 2. The molecule has 0 saturated heterocycles. The average Bonchev–Trinajstić information content (AvgIpc) is 3.55. The highest BCUT2D eigenvalue weighted by Gasteiger charge is 2.27. The molecule has 1 aromatic heterocycles. The van der Waals surface area contributed by atoms with E-state index in [9.17, 15) is 19.5 Å². The fourth-order valence-electron chi connectivity index (χ4n) is 3.85. The lowest BCUT2D eigenvalue weighted by Gasteiger charge is -2.21. The fourth-order valence-corrected chi connectivity index (χ4v) is 3.85. The maximum atomic E-state index is 12.9. The Kier molecular flexibility index (Phi) is 8.12. The van der Waals surface area contributed by atoms with Crippen LogP contribution in [0, 0.1) is 0 Å². The second-order valence-corrected chi connectivity index (χ2v) is 8.86. The van der Waals surface area contributed by atoms with Gasteiger partial charge < -0.3 is 20.5 Å². The molecule has 1 saturated carbocycles. The van der Waals surface area contributed by atoms with Crippen LogP contribution in [0.1, 0.15) is 52.7 Å². The Morgan fingerprint density at radius 3 is 2.42 bits per heavy atom. The summed E-state index contributed by atoms with van der Waals surface area (Å²) in [6, 6.07) is 18.8. The van der Waals surface area contributed by atoms with Gasteiger partial charge in [0.2, 0.25) is 0 Å². The molecular weight excluding hydrogens is 460 g/mol. The van der Waals surface area contributed by atoms with Crippen molar-refractivity contribution in [2.24, 2.45) is 0 Å². The van der Waals surface area contributed by atoms with E-state index in [1.807, 2.05) is 54.6 Å². The van der Waals surface area contributed by atoms with Gasteiger partial charge in [-0.05, 0) is 42.9 Å². The lowest BCUT2D eigenvalue weighted by molar-refractivity contribution is -0.153. The van der Waals surface area contributed by atoms with Gasteiger partial charge in [-0.1, -0.05) is 54.6 Å². The molecule has 36 heavy (non-hydrogen) atoms. The first-order valence-corrected chi connectivity index (χ1v) is 12.1. The molecule has 3 aromatic rings. The van der Waals surface area contributed by atoms with Gasteiger partial charge in [0, 0.05) is 24.6 Å². The standard InChI is InChI=1S/C27H30N4O5/c1-2-36-27(35)24(32)15-21(14-17-8-10-19(11-9-17)18-6-4-3-5-7-18)29-26(34)23-16-22(30-31-23)25(33)28-20-12-13-20/h3-11,16,20-21,24,32H,2,12-15H2,1H3,(H,28,33)(H,29,34)(H,30,31)/t21-,24+/m1/s1. The third kappa shape index (κ3) is 6.79. The largest absolute Gasteiger partial charge is 0.464 e. The molecule has 4 rings (SSSR count). The van der Waals surface area contributed by atoms with Crippen LogP contribution < -0.4 is 10.6 Å². The maximum absolute atomic E-state index is 12.9. The van der Waals surface area contributed by atoms with Crippen molar-refractivity contribution in [1.29, 1.82) is 0 Å². The minimum atomic E-state index is -1.39. The summed E-state index contributed by atoms with van der Waals surface area (Å²) in [7, 11) is 0. The highest BCUT2D eigenvalue weighted by atomic mass is 16.5. The highest BCUT2D eigenvalue weighted by Crippen LogP contribution is 2.21. The SMILES string of the molecule is CCOC(=O)[C@@H](O)C[C@@H](Cc1ccc(-c2ccccc2)cc1)NC(=O)c1cc(C(=O)NC2CC2)n[nH]1. The summed E-state index contributed by atoms with van der Waals surface area (Å²) < 4.78 is 4.91. The summed E-state index contributed by atoms with van der Waals surface area (Å²) in [6.07, 6.45) is 0.843. The van der Waals surface area contributed by atoms with E-state index in [1.54, 1.807) is 6.92 Å². The number of ether oxygens (including phenoxy) is 1. The van der Waals surface area contributed by atoms with Gasteiger partial charge in [-0.25, -0.2) is 4.79 Å². The number of carbonyl (C=O) groups excluding carboxylic acids is 3. The molecule has 188 valence electrons. The minimum Gasteiger partial charge on any atom is -0.464 e. The van der Waals surface area contributed by atoms with E-state index in [4.69, 9.17) is 4.74 Å². The van der Waals surface area contributed by atoms with Crippen LogP contribution in [0.2, 0.25) is 0 Å². The Morgan fingerprint density at radius 1 is 1.06 bits per heavy atom.